The lowest BCUT2D eigenvalue weighted by molar-refractivity contribution is 0.320. The first-order chi connectivity index (χ1) is 10.8. The van der Waals surface area contributed by atoms with Crippen LogP contribution in [0, 0.1) is 0 Å². The topological polar surface area (TPSA) is 58.5 Å². The van der Waals surface area contributed by atoms with Crippen molar-refractivity contribution in [2.24, 2.45) is 4.99 Å². The van der Waals surface area contributed by atoms with E-state index in [0.717, 1.165) is 22.3 Å². The molecule has 0 amide bonds. The van der Waals surface area contributed by atoms with Crippen molar-refractivity contribution in [3.05, 3.63) is 59.4 Å². The number of nitrogens with one attached hydrogen (secondary N) is 2. The fourth-order valence-electron chi connectivity index (χ4n) is 1.78. The molecule has 23 heavy (non-hydrogen) atoms. The van der Waals surface area contributed by atoms with Crippen molar-refractivity contribution in [2.75, 3.05) is 20.2 Å². The van der Waals surface area contributed by atoms with Gasteiger partial charge < -0.3 is 15.4 Å². The van der Waals surface area contributed by atoms with Gasteiger partial charge in [-0.2, -0.15) is 0 Å². The van der Waals surface area contributed by atoms with Crippen molar-refractivity contribution in [3.63, 3.8) is 0 Å². The second-order valence-electron chi connectivity index (χ2n) is 4.52. The van der Waals surface area contributed by atoms with Crippen molar-refractivity contribution < 1.29 is 4.74 Å². The Balaban J connectivity index is 0.00000264. The minimum absolute atomic E-state index is 0. The van der Waals surface area contributed by atoms with Crippen molar-refractivity contribution in [3.8, 4) is 5.75 Å². The molecule has 0 atom stereocenters. The first kappa shape index (κ1) is 19.5. The molecule has 1 heterocycles. The Morgan fingerprint density at radius 2 is 2.00 bits per heavy atom. The summed E-state index contributed by atoms with van der Waals surface area (Å²) in [6, 6.07) is 11.4. The predicted octanol–water partition coefficient (Wildman–Crippen LogP) is 3.10. The smallest absolute Gasteiger partial charge is 0.191 e. The molecule has 0 saturated carbocycles. The van der Waals surface area contributed by atoms with Crippen molar-refractivity contribution in [1.29, 1.82) is 0 Å². The molecule has 5 nitrogen and oxygen atoms in total. The number of nitrogens with zero attached hydrogens (tertiary/aromatic N) is 2. The van der Waals surface area contributed by atoms with Crippen LogP contribution < -0.4 is 15.4 Å². The molecular formula is C16H20ClIN4O. The number of hydrogen-bond acceptors (Lipinski definition) is 3. The number of hydrogen-bond donors (Lipinski definition) is 2. The van der Waals surface area contributed by atoms with Crippen LogP contribution in [0.1, 0.15) is 5.56 Å². The van der Waals surface area contributed by atoms with Gasteiger partial charge in [0.2, 0.25) is 0 Å². The number of rotatable bonds is 6. The molecule has 1 aromatic heterocycles. The standard InChI is InChI=1S/C16H19ClN4O.HI/c1-18-16(21-11-13-4-6-14(17)7-5-13)20-9-10-22-15-3-2-8-19-12-15;/h2-8,12H,9-11H2,1H3,(H2,18,20,21);1H. The summed E-state index contributed by atoms with van der Waals surface area (Å²) in [5.74, 6) is 1.48. The van der Waals surface area contributed by atoms with E-state index in [2.05, 4.69) is 20.6 Å². The normalized spacial score (nSPS) is 10.6. The zero-order valence-electron chi connectivity index (χ0n) is 12.8. The lowest BCUT2D eigenvalue weighted by Gasteiger charge is -2.12. The molecule has 0 aliphatic heterocycles. The first-order valence-corrected chi connectivity index (χ1v) is 7.37. The van der Waals surface area contributed by atoms with Crippen LogP contribution in [0.2, 0.25) is 5.02 Å². The van der Waals surface area contributed by atoms with Crippen LogP contribution in [0.25, 0.3) is 0 Å². The summed E-state index contributed by atoms with van der Waals surface area (Å²) in [7, 11) is 1.74. The molecule has 0 saturated heterocycles. The van der Waals surface area contributed by atoms with Crippen molar-refractivity contribution in [1.82, 2.24) is 15.6 Å². The summed E-state index contributed by atoms with van der Waals surface area (Å²) >= 11 is 5.86. The monoisotopic (exact) mass is 446 g/mol. The Kier molecular flexibility index (Phi) is 9.39. The Hall–Kier alpha value is -1.54. The van der Waals surface area contributed by atoms with E-state index in [-0.39, 0.29) is 24.0 Å². The van der Waals surface area contributed by atoms with Crippen LogP contribution in [0.3, 0.4) is 0 Å². The van der Waals surface area contributed by atoms with E-state index in [0.29, 0.717) is 19.7 Å². The SMILES string of the molecule is CN=C(NCCOc1cccnc1)NCc1ccc(Cl)cc1.I. The van der Waals surface area contributed by atoms with Gasteiger partial charge in [-0.1, -0.05) is 23.7 Å². The van der Waals surface area contributed by atoms with E-state index in [1.807, 2.05) is 36.4 Å². The van der Waals surface area contributed by atoms with Crippen LogP contribution in [0.5, 0.6) is 5.75 Å². The van der Waals surface area contributed by atoms with E-state index in [1.165, 1.54) is 0 Å². The molecule has 0 unspecified atom stereocenters. The zero-order valence-corrected chi connectivity index (χ0v) is 15.9. The van der Waals surface area contributed by atoms with Gasteiger partial charge in [0, 0.05) is 24.8 Å². The summed E-state index contributed by atoms with van der Waals surface area (Å²) in [6.07, 6.45) is 3.40. The van der Waals surface area contributed by atoms with Crippen LogP contribution in [0.4, 0.5) is 0 Å². The van der Waals surface area contributed by atoms with Crippen LogP contribution in [-0.4, -0.2) is 31.1 Å². The second kappa shape index (κ2) is 11.1. The summed E-state index contributed by atoms with van der Waals surface area (Å²) in [5, 5.41) is 7.16. The molecule has 2 aromatic rings. The molecule has 7 heteroatoms. The Morgan fingerprint density at radius 1 is 1.22 bits per heavy atom. The molecule has 0 bridgehead atoms. The average molecular weight is 447 g/mol. The fraction of sp³-hybridized carbons (Fsp3) is 0.250. The minimum atomic E-state index is 0. The number of ether oxygens (including phenoxy) is 1. The molecular weight excluding hydrogens is 427 g/mol. The first-order valence-electron chi connectivity index (χ1n) is 7.00. The minimum Gasteiger partial charge on any atom is -0.490 e. The van der Waals surface area contributed by atoms with Gasteiger partial charge in [0.15, 0.2) is 5.96 Å². The average Bonchev–Trinajstić information content (AvgIpc) is 2.57. The van der Waals surface area contributed by atoms with Gasteiger partial charge in [-0.3, -0.25) is 9.98 Å². The predicted molar refractivity (Wildman–Crippen MR) is 105 cm³/mol. The van der Waals surface area contributed by atoms with Gasteiger partial charge in [0.25, 0.3) is 0 Å². The highest BCUT2D eigenvalue weighted by Crippen LogP contribution is 2.09. The fourth-order valence-corrected chi connectivity index (χ4v) is 1.91. The third kappa shape index (κ3) is 7.51. The lowest BCUT2D eigenvalue weighted by Crippen LogP contribution is -2.38. The molecule has 2 N–H and O–H groups in total. The number of aromatic nitrogens is 1. The van der Waals surface area contributed by atoms with Crippen LogP contribution in [0.15, 0.2) is 53.8 Å². The van der Waals surface area contributed by atoms with E-state index in [9.17, 15) is 0 Å². The van der Waals surface area contributed by atoms with E-state index < -0.39 is 0 Å². The second-order valence-corrected chi connectivity index (χ2v) is 4.95. The number of halogens is 2. The zero-order chi connectivity index (χ0) is 15.6. The molecule has 2 rings (SSSR count). The van der Waals surface area contributed by atoms with Gasteiger partial charge >= 0.3 is 0 Å². The number of aliphatic imine (C=N–C) groups is 1. The van der Waals surface area contributed by atoms with E-state index in [4.69, 9.17) is 16.3 Å². The van der Waals surface area contributed by atoms with E-state index >= 15 is 0 Å². The Bertz CT molecular complexity index is 593. The van der Waals surface area contributed by atoms with Crippen molar-refractivity contribution >= 4 is 41.5 Å². The van der Waals surface area contributed by atoms with Gasteiger partial charge in [-0.25, -0.2) is 0 Å². The maximum absolute atomic E-state index is 5.86. The highest BCUT2D eigenvalue weighted by Gasteiger charge is 1.99. The molecule has 0 spiro atoms. The molecule has 1 aromatic carbocycles. The van der Waals surface area contributed by atoms with Crippen molar-refractivity contribution in [2.45, 2.75) is 6.54 Å². The quantitative estimate of drug-likeness (QED) is 0.310. The summed E-state index contributed by atoms with van der Waals surface area (Å²) in [6.45, 7) is 1.86. The van der Waals surface area contributed by atoms with Gasteiger partial charge in [0.05, 0.1) is 12.7 Å². The highest BCUT2D eigenvalue weighted by molar-refractivity contribution is 14.0. The summed E-state index contributed by atoms with van der Waals surface area (Å²) in [4.78, 5) is 8.16. The summed E-state index contributed by atoms with van der Waals surface area (Å²) in [5.41, 5.74) is 1.14. The maximum atomic E-state index is 5.86. The largest absolute Gasteiger partial charge is 0.490 e. The number of guanidine groups is 1. The highest BCUT2D eigenvalue weighted by atomic mass is 127. The van der Waals surface area contributed by atoms with Gasteiger partial charge in [-0.05, 0) is 29.8 Å². The molecule has 124 valence electrons. The molecule has 0 fully saturated rings. The third-order valence-corrected chi connectivity index (χ3v) is 3.15. The van der Waals surface area contributed by atoms with Gasteiger partial charge in [0.1, 0.15) is 12.4 Å². The molecule has 0 radical (unpaired) electrons. The molecule has 0 aliphatic carbocycles. The molecule has 0 aliphatic rings. The van der Waals surface area contributed by atoms with E-state index in [1.54, 1.807) is 19.4 Å². The Morgan fingerprint density at radius 3 is 2.65 bits per heavy atom. The number of benzene rings is 1. The van der Waals surface area contributed by atoms with Gasteiger partial charge in [-0.15, -0.1) is 24.0 Å². The maximum Gasteiger partial charge on any atom is 0.191 e. The van der Waals surface area contributed by atoms with Crippen LogP contribution >= 0.6 is 35.6 Å². The Labute approximate surface area is 158 Å². The summed E-state index contributed by atoms with van der Waals surface area (Å²) < 4.78 is 5.55. The third-order valence-electron chi connectivity index (χ3n) is 2.89. The lowest BCUT2D eigenvalue weighted by atomic mass is 10.2. The van der Waals surface area contributed by atoms with Crippen LogP contribution in [-0.2, 0) is 6.54 Å². The number of pyridine rings is 1.